The molecule has 8 nitrogen and oxygen atoms in total. The van der Waals surface area contributed by atoms with Gasteiger partial charge in [-0.25, -0.2) is 4.79 Å². The van der Waals surface area contributed by atoms with Crippen molar-refractivity contribution < 1.29 is 37.4 Å². The summed E-state index contributed by atoms with van der Waals surface area (Å²) in [6, 6.07) is 10.9. The topological polar surface area (TPSA) is 100 Å². The monoisotopic (exact) mass is 453 g/mol. The van der Waals surface area contributed by atoms with Gasteiger partial charge in [0, 0.05) is 0 Å². The standard InChI is InChI=1S/C21H22F3N3O5/c1-20(2)18(28)27(19(29)25-20)11-15(26-30)12-31-16-7-3-13(4-8-16)14-5-9-17(10-6-14)32-21(22,23)24/h3-10,15,26,30H,11-12H2,1-2H3,(H,25,29). The first-order valence-electron chi connectivity index (χ1n) is 9.61. The van der Waals surface area contributed by atoms with Gasteiger partial charge in [0.2, 0.25) is 0 Å². The van der Waals surface area contributed by atoms with E-state index in [2.05, 4.69) is 10.1 Å². The molecule has 0 spiro atoms. The number of urea groups is 1. The molecule has 1 aliphatic heterocycles. The summed E-state index contributed by atoms with van der Waals surface area (Å²) in [6.45, 7) is 3.05. The van der Waals surface area contributed by atoms with Gasteiger partial charge in [-0.2, -0.15) is 5.48 Å². The fourth-order valence-electron chi connectivity index (χ4n) is 3.12. The zero-order valence-electron chi connectivity index (χ0n) is 17.3. The highest BCUT2D eigenvalue weighted by Gasteiger charge is 2.44. The second kappa shape index (κ2) is 9.05. The Morgan fingerprint density at radius 3 is 2.00 bits per heavy atom. The summed E-state index contributed by atoms with van der Waals surface area (Å²) in [6.07, 6.45) is -4.75. The molecule has 3 rings (SSSR count). The SMILES string of the molecule is CC1(C)NC(=O)N(CC(COc2ccc(-c3ccc(OC(F)(F)F)cc3)cc2)NO)C1=O. The van der Waals surface area contributed by atoms with Crippen LogP contribution in [-0.4, -0.2) is 53.1 Å². The molecule has 0 saturated carbocycles. The van der Waals surface area contributed by atoms with Gasteiger partial charge in [-0.3, -0.25) is 9.69 Å². The molecule has 172 valence electrons. The molecule has 1 saturated heterocycles. The number of carbonyl (C=O) groups is 2. The molecular formula is C21H22F3N3O5. The minimum Gasteiger partial charge on any atom is -0.492 e. The molecule has 1 fully saturated rings. The van der Waals surface area contributed by atoms with Crippen molar-refractivity contribution in [2.75, 3.05) is 13.2 Å². The summed E-state index contributed by atoms with van der Waals surface area (Å²) < 4.78 is 46.2. The van der Waals surface area contributed by atoms with Crippen LogP contribution in [0.25, 0.3) is 11.1 Å². The van der Waals surface area contributed by atoms with E-state index in [-0.39, 0.29) is 18.9 Å². The van der Waals surface area contributed by atoms with Crippen LogP contribution in [0.4, 0.5) is 18.0 Å². The highest BCUT2D eigenvalue weighted by molar-refractivity contribution is 6.06. The number of alkyl halides is 3. The van der Waals surface area contributed by atoms with Crippen LogP contribution >= 0.6 is 0 Å². The van der Waals surface area contributed by atoms with Gasteiger partial charge < -0.3 is 20.0 Å². The van der Waals surface area contributed by atoms with E-state index in [4.69, 9.17) is 4.74 Å². The van der Waals surface area contributed by atoms with Crippen molar-refractivity contribution in [3.63, 3.8) is 0 Å². The molecule has 3 amide bonds. The summed E-state index contributed by atoms with van der Waals surface area (Å²) in [5.74, 6) is -0.250. The van der Waals surface area contributed by atoms with E-state index in [0.29, 0.717) is 11.3 Å². The van der Waals surface area contributed by atoms with E-state index in [0.717, 1.165) is 10.5 Å². The Bertz CT molecular complexity index is 962. The molecule has 1 aliphatic rings. The van der Waals surface area contributed by atoms with Crippen molar-refractivity contribution in [3.05, 3.63) is 48.5 Å². The maximum atomic E-state index is 12.3. The van der Waals surface area contributed by atoms with Gasteiger partial charge in [0.25, 0.3) is 5.91 Å². The Morgan fingerprint density at radius 1 is 1.03 bits per heavy atom. The van der Waals surface area contributed by atoms with Crippen LogP contribution < -0.4 is 20.3 Å². The van der Waals surface area contributed by atoms with Crippen LogP contribution in [-0.2, 0) is 4.79 Å². The third-order valence-corrected chi connectivity index (χ3v) is 4.76. The Balaban J connectivity index is 1.57. The van der Waals surface area contributed by atoms with Gasteiger partial charge in [-0.15, -0.1) is 13.2 Å². The lowest BCUT2D eigenvalue weighted by atomic mass is 10.1. The lowest BCUT2D eigenvalue weighted by molar-refractivity contribution is -0.274. The molecule has 2 aromatic carbocycles. The van der Waals surface area contributed by atoms with Crippen LogP contribution in [0, 0.1) is 0 Å². The predicted octanol–water partition coefficient (Wildman–Crippen LogP) is 3.31. The number of carbonyl (C=O) groups excluding carboxylic acids is 2. The molecule has 1 unspecified atom stereocenters. The Hall–Kier alpha value is -3.31. The van der Waals surface area contributed by atoms with Gasteiger partial charge in [0.1, 0.15) is 23.6 Å². The molecule has 0 aliphatic carbocycles. The van der Waals surface area contributed by atoms with Crippen molar-refractivity contribution in [2.24, 2.45) is 0 Å². The van der Waals surface area contributed by atoms with E-state index >= 15 is 0 Å². The van der Waals surface area contributed by atoms with Crippen LogP contribution in [0.15, 0.2) is 48.5 Å². The summed E-state index contributed by atoms with van der Waals surface area (Å²) in [4.78, 5) is 25.2. The van der Waals surface area contributed by atoms with Gasteiger partial charge in [-0.1, -0.05) is 24.3 Å². The molecule has 3 N–H and O–H groups in total. The highest BCUT2D eigenvalue weighted by atomic mass is 19.4. The molecule has 0 bridgehead atoms. The number of hydrogen-bond acceptors (Lipinski definition) is 6. The second-order valence-electron chi connectivity index (χ2n) is 7.70. The third kappa shape index (κ3) is 5.68. The first-order valence-corrected chi connectivity index (χ1v) is 9.61. The van der Waals surface area contributed by atoms with E-state index < -0.39 is 29.9 Å². The normalized spacial score (nSPS) is 16.6. The lowest BCUT2D eigenvalue weighted by Gasteiger charge is -2.22. The first kappa shape index (κ1) is 23.4. The minimum absolute atomic E-state index is 0.0309. The van der Waals surface area contributed by atoms with Crippen LogP contribution in [0.5, 0.6) is 11.5 Å². The average molecular weight is 453 g/mol. The summed E-state index contributed by atoms with van der Waals surface area (Å²) >= 11 is 0. The number of hydrogen-bond donors (Lipinski definition) is 3. The number of amides is 3. The quantitative estimate of drug-likeness (QED) is 0.419. The van der Waals surface area contributed by atoms with Crippen molar-refractivity contribution in [1.29, 1.82) is 0 Å². The Morgan fingerprint density at radius 2 is 1.56 bits per heavy atom. The van der Waals surface area contributed by atoms with Crippen molar-refractivity contribution in [3.8, 4) is 22.6 Å². The largest absolute Gasteiger partial charge is 0.573 e. The number of nitrogens with zero attached hydrogens (tertiary/aromatic N) is 1. The fourth-order valence-corrected chi connectivity index (χ4v) is 3.12. The van der Waals surface area contributed by atoms with E-state index in [1.54, 1.807) is 38.1 Å². The average Bonchev–Trinajstić information content (AvgIpc) is 2.92. The van der Waals surface area contributed by atoms with E-state index in [1.165, 1.54) is 24.3 Å². The van der Waals surface area contributed by atoms with E-state index in [9.17, 15) is 28.0 Å². The van der Waals surface area contributed by atoms with Crippen molar-refractivity contribution in [1.82, 2.24) is 15.7 Å². The third-order valence-electron chi connectivity index (χ3n) is 4.76. The van der Waals surface area contributed by atoms with Gasteiger partial charge in [0.15, 0.2) is 0 Å². The Kier molecular flexibility index (Phi) is 6.60. The summed E-state index contributed by atoms with van der Waals surface area (Å²) in [5, 5.41) is 11.9. The second-order valence-corrected chi connectivity index (χ2v) is 7.70. The van der Waals surface area contributed by atoms with Gasteiger partial charge in [-0.05, 0) is 49.2 Å². The van der Waals surface area contributed by atoms with Crippen LogP contribution in [0.2, 0.25) is 0 Å². The maximum Gasteiger partial charge on any atom is 0.573 e. The van der Waals surface area contributed by atoms with Crippen LogP contribution in [0.3, 0.4) is 0 Å². The number of nitrogens with one attached hydrogen (secondary N) is 2. The summed E-state index contributed by atoms with van der Waals surface area (Å²) in [7, 11) is 0. The minimum atomic E-state index is -4.75. The Labute approximate surface area is 181 Å². The predicted molar refractivity (Wildman–Crippen MR) is 107 cm³/mol. The van der Waals surface area contributed by atoms with Gasteiger partial charge >= 0.3 is 12.4 Å². The molecule has 0 aromatic heterocycles. The molecule has 11 heteroatoms. The molecule has 2 aromatic rings. The number of imide groups is 1. The zero-order chi connectivity index (χ0) is 23.5. The number of halogens is 3. The number of ether oxygens (including phenoxy) is 2. The maximum absolute atomic E-state index is 12.3. The number of benzene rings is 2. The van der Waals surface area contributed by atoms with E-state index in [1.807, 2.05) is 5.48 Å². The molecule has 1 heterocycles. The van der Waals surface area contributed by atoms with Gasteiger partial charge in [0.05, 0.1) is 12.6 Å². The molecule has 0 radical (unpaired) electrons. The number of hydroxylamine groups is 1. The highest BCUT2D eigenvalue weighted by Crippen LogP contribution is 2.27. The van der Waals surface area contributed by atoms with Crippen molar-refractivity contribution in [2.45, 2.75) is 31.8 Å². The summed E-state index contributed by atoms with van der Waals surface area (Å²) in [5.41, 5.74) is 2.45. The molecule has 1 atom stereocenters. The smallest absolute Gasteiger partial charge is 0.492 e. The molecule has 32 heavy (non-hydrogen) atoms. The first-order chi connectivity index (χ1) is 15.0. The number of rotatable bonds is 8. The lowest BCUT2D eigenvalue weighted by Crippen LogP contribution is -2.46. The molecular weight excluding hydrogens is 431 g/mol. The van der Waals surface area contributed by atoms with Crippen LogP contribution in [0.1, 0.15) is 13.8 Å². The zero-order valence-corrected chi connectivity index (χ0v) is 17.3. The fraction of sp³-hybridized carbons (Fsp3) is 0.333. The van der Waals surface area contributed by atoms with Crippen molar-refractivity contribution >= 4 is 11.9 Å².